The van der Waals surface area contributed by atoms with Crippen LogP contribution >= 0.6 is 11.6 Å². The predicted molar refractivity (Wildman–Crippen MR) is 87.2 cm³/mol. The van der Waals surface area contributed by atoms with Crippen LogP contribution in [0.15, 0.2) is 65.5 Å². The van der Waals surface area contributed by atoms with Crippen LogP contribution in [0, 0.1) is 0 Å². The highest BCUT2D eigenvalue weighted by Gasteiger charge is 2.18. The van der Waals surface area contributed by atoms with Crippen molar-refractivity contribution in [1.29, 1.82) is 0 Å². The van der Waals surface area contributed by atoms with E-state index in [4.69, 9.17) is 16.0 Å². The normalized spacial score (nSPS) is 12.0. The van der Waals surface area contributed by atoms with Crippen molar-refractivity contribution in [3.8, 4) is 0 Å². The largest absolute Gasteiger partial charge is 0.467 e. The van der Waals surface area contributed by atoms with E-state index >= 15 is 0 Å². The number of nitrogens with zero attached hydrogens (tertiary/aromatic N) is 2. The van der Waals surface area contributed by atoms with E-state index in [0.29, 0.717) is 11.6 Å². The minimum Gasteiger partial charge on any atom is -0.467 e. The van der Waals surface area contributed by atoms with Gasteiger partial charge in [-0.3, -0.25) is 9.48 Å². The van der Waals surface area contributed by atoms with Crippen LogP contribution in [0.5, 0.6) is 0 Å². The fraction of sp³-hybridized carbons (Fsp3) is 0.176. The lowest BCUT2D eigenvalue weighted by molar-refractivity contribution is -0.120. The molecule has 1 atom stereocenters. The summed E-state index contributed by atoms with van der Waals surface area (Å²) in [7, 11) is 0. The zero-order valence-electron chi connectivity index (χ0n) is 12.4. The number of hydrogen-bond donors (Lipinski definition) is 1. The van der Waals surface area contributed by atoms with Crippen LogP contribution in [0.1, 0.15) is 17.4 Å². The van der Waals surface area contributed by atoms with Crippen molar-refractivity contribution in [2.75, 3.05) is 6.54 Å². The van der Waals surface area contributed by atoms with E-state index in [1.54, 1.807) is 23.2 Å². The number of carbonyl (C=O) groups excluding carboxylic acids is 1. The average Bonchev–Trinajstić information content (AvgIpc) is 3.23. The molecule has 2 heterocycles. The van der Waals surface area contributed by atoms with Crippen LogP contribution in [0.4, 0.5) is 0 Å². The number of aromatic nitrogens is 2. The van der Waals surface area contributed by atoms with Crippen molar-refractivity contribution in [2.45, 2.75) is 12.5 Å². The molecule has 6 heteroatoms. The molecule has 0 saturated carbocycles. The Morgan fingerprint density at radius 2 is 2.13 bits per heavy atom. The van der Waals surface area contributed by atoms with Gasteiger partial charge in [0.2, 0.25) is 5.91 Å². The van der Waals surface area contributed by atoms with Crippen LogP contribution in [0.25, 0.3) is 0 Å². The van der Waals surface area contributed by atoms with Crippen LogP contribution in [-0.4, -0.2) is 22.2 Å². The highest BCUT2D eigenvalue weighted by Crippen LogP contribution is 2.18. The molecule has 0 aliphatic heterocycles. The van der Waals surface area contributed by atoms with Gasteiger partial charge in [-0.2, -0.15) is 5.10 Å². The Hall–Kier alpha value is -2.53. The maximum absolute atomic E-state index is 12.2. The van der Waals surface area contributed by atoms with Crippen LogP contribution < -0.4 is 5.32 Å². The number of halogens is 1. The number of hydrogen-bond acceptors (Lipinski definition) is 3. The van der Waals surface area contributed by atoms with E-state index in [1.165, 1.54) is 0 Å². The smallest absolute Gasteiger partial charge is 0.224 e. The second-order valence-corrected chi connectivity index (χ2v) is 5.50. The summed E-state index contributed by atoms with van der Waals surface area (Å²) in [5.41, 5.74) is 0.806. The van der Waals surface area contributed by atoms with Gasteiger partial charge in [0.05, 0.1) is 12.7 Å². The molecule has 0 bridgehead atoms. The lowest BCUT2D eigenvalue weighted by Gasteiger charge is -2.16. The van der Waals surface area contributed by atoms with Crippen LogP contribution in [0.2, 0.25) is 5.02 Å². The predicted octanol–water partition coefficient (Wildman–Crippen LogP) is 3.08. The number of rotatable bonds is 6. The maximum atomic E-state index is 12.2. The summed E-state index contributed by atoms with van der Waals surface area (Å²) < 4.78 is 7.21. The molecule has 0 unspecified atom stereocenters. The molecular weight excluding hydrogens is 314 g/mol. The third-order valence-electron chi connectivity index (χ3n) is 3.52. The van der Waals surface area contributed by atoms with E-state index in [2.05, 4.69) is 10.4 Å². The van der Waals surface area contributed by atoms with Gasteiger partial charge < -0.3 is 9.73 Å². The number of carbonyl (C=O) groups is 1. The fourth-order valence-corrected chi connectivity index (χ4v) is 2.56. The second kappa shape index (κ2) is 7.15. The highest BCUT2D eigenvalue weighted by molar-refractivity contribution is 6.31. The minimum atomic E-state index is -0.185. The van der Waals surface area contributed by atoms with E-state index < -0.39 is 0 Å². The molecule has 2 aromatic heterocycles. The highest BCUT2D eigenvalue weighted by atomic mass is 35.5. The Morgan fingerprint density at radius 3 is 2.83 bits per heavy atom. The van der Waals surface area contributed by atoms with Gasteiger partial charge in [-0.15, -0.1) is 0 Å². The Labute approximate surface area is 138 Å². The molecule has 0 fully saturated rings. The molecule has 1 N–H and O–H groups in total. The summed E-state index contributed by atoms with van der Waals surface area (Å²) in [4.78, 5) is 12.2. The van der Waals surface area contributed by atoms with Gasteiger partial charge in [0, 0.05) is 24.0 Å². The quantitative estimate of drug-likeness (QED) is 0.756. The first-order valence-electron chi connectivity index (χ1n) is 7.26. The van der Waals surface area contributed by atoms with E-state index in [-0.39, 0.29) is 18.4 Å². The summed E-state index contributed by atoms with van der Waals surface area (Å²) in [6.07, 6.45) is 5.38. The standard InChI is InChI=1S/C17H16ClN3O2/c18-14-6-2-1-5-13(14)11-17(22)19-12-15(16-7-3-10-23-16)21-9-4-8-20-21/h1-10,15H,11-12H2,(H,19,22)/t15-/m1/s1. The van der Waals surface area contributed by atoms with Crippen molar-refractivity contribution in [1.82, 2.24) is 15.1 Å². The molecule has 1 aromatic carbocycles. The first-order valence-corrected chi connectivity index (χ1v) is 7.64. The molecule has 0 radical (unpaired) electrons. The molecule has 0 aliphatic rings. The fourth-order valence-electron chi connectivity index (χ4n) is 2.36. The molecule has 5 nitrogen and oxygen atoms in total. The number of nitrogens with one attached hydrogen (secondary N) is 1. The van der Waals surface area contributed by atoms with Crippen molar-refractivity contribution in [2.24, 2.45) is 0 Å². The van der Waals surface area contributed by atoms with E-state index in [0.717, 1.165) is 11.3 Å². The summed E-state index contributed by atoms with van der Waals surface area (Å²) >= 11 is 6.08. The molecular formula is C17H16ClN3O2. The molecule has 0 aliphatic carbocycles. The third-order valence-corrected chi connectivity index (χ3v) is 3.89. The summed E-state index contributed by atoms with van der Waals surface area (Å²) in [6.45, 7) is 0.387. The van der Waals surface area contributed by atoms with Crippen molar-refractivity contribution in [3.05, 3.63) is 77.5 Å². The van der Waals surface area contributed by atoms with Crippen molar-refractivity contribution >= 4 is 17.5 Å². The second-order valence-electron chi connectivity index (χ2n) is 5.09. The third kappa shape index (κ3) is 3.81. The molecule has 0 spiro atoms. The lowest BCUT2D eigenvalue weighted by Crippen LogP contribution is -2.32. The monoisotopic (exact) mass is 329 g/mol. The minimum absolute atomic E-state index is 0.0955. The zero-order chi connectivity index (χ0) is 16.1. The van der Waals surface area contributed by atoms with E-state index in [9.17, 15) is 4.79 Å². The Balaban J connectivity index is 1.65. The number of amides is 1. The van der Waals surface area contributed by atoms with Gasteiger partial charge in [0.1, 0.15) is 11.8 Å². The van der Waals surface area contributed by atoms with Crippen molar-refractivity contribution in [3.63, 3.8) is 0 Å². The summed E-state index contributed by atoms with van der Waals surface area (Å²) in [6, 6.07) is 12.7. The van der Waals surface area contributed by atoms with Gasteiger partial charge >= 0.3 is 0 Å². The summed E-state index contributed by atoms with van der Waals surface area (Å²) in [5.74, 6) is 0.647. The molecule has 3 rings (SSSR count). The maximum Gasteiger partial charge on any atom is 0.224 e. The first-order chi connectivity index (χ1) is 11.2. The molecule has 1 amide bonds. The SMILES string of the molecule is O=C(Cc1ccccc1Cl)NC[C@H](c1ccco1)n1cccn1. The number of furan rings is 1. The molecule has 0 saturated heterocycles. The van der Waals surface area contributed by atoms with Gasteiger partial charge in [-0.25, -0.2) is 0 Å². The Bertz CT molecular complexity index is 720. The Morgan fingerprint density at radius 1 is 1.26 bits per heavy atom. The topological polar surface area (TPSA) is 60.1 Å². The lowest BCUT2D eigenvalue weighted by atomic mass is 10.1. The van der Waals surface area contributed by atoms with E-state index in [1.807, 2.05) is 42.6 Å². The van der Waals surface area contributed by atoms with Crippen LogP contribution in [0.3, 0.4) is 0 Å². The Kier molecular flexibility index (Phi) is 4.78. The summed E-state index contributed by atoms with van der Waals surface area (Å²) in [5, 5.41) is 7.74. The first kappa shape index (κ1) is 15.4. The molecule has 3 aromatic rings. The van der Waals surface area contributed by atoms with Gasteiger partial charge in [0.15, 0.2) is 0 Å². The van der Waals surface area contributed by atoms with Gasteiger partial charge in [-0.1, -0.05) is 29.8 Å². The van der Waals surface area contributed by atoms with Crippen molar-refractivity contribution < 1.29 is 9.21 Å². The van der Waals surface area contributed by atoms with Gasteiger partial charge in [0.25, 0.3) is 0 Å². The van der Waals surface area contributed by atoms with Gasteiger partial charge in [-0.05, 0) is 29.8 Å². The van der Waals surface area contributed by atoms with Crippen LogP contribution in [-0.2, 0) is 11.2 Å². The number of benzene rings is 1. The molecule has 118 valence electrons. The molecule has 23 heavy (non-hydrogen) atoms. The average molecular weight is 330 g/mol. The zero-order valence-corrected chi connectivity index (χ0v) is 13.1.